The van der Waals surface area contributed by atoms with Crippen LogP contribution >= 0.6 is 0 Å². The normalized spacial score (nSPS) is 24.0. The first-order chi connectivity index (χ1) is 9.78. The van der Waals surface area contributed by atoms with Gasteiger partial charge in [-0.15, -0.1) is 0 Å². The van der Waals surface area contributed by atoms with Gasteiger partial charge >= 0.3 is 5.97 Å². The molecule has 0 spiro atoms. The standard InChI is InChI=1S/C16H27NO4/c1-5-20-11-12-6-9-17(10-12)13(18)16(7-8-16)14(19)21-15(2,3)4/h12H,5-11H2,1-4H3/t12-/m0/s1. The highest BCUT2D eigenvalue weighted by Gasteiger charge is 2.60. The Balaban J connectivity index is 1.93. The summed E-state index contributed by atoms with van der Waals surface area (Å²) in [7, 11) is 0. The quantitative estimate of drug-likeness (QED) is 0.575. The number of carbonyl (C=O) groups is 2. The molecule has 2 fully saturated rings. The Morgan fingerprint density at radius 1 is 1.29 bits per heavy atom. The minimum Gasteiger partial charge on any atom is -0.459 e. The first-order valence-electron chi connectivity index (χ1n) is 7.89. The Labute approximate surface area is 127 Å². The molecule has 2 aliphatic rings. The summed E-state index contributed by atoms with van der Waals surface area (Å²) >= 11 is 0. The fourth-order valence-corrected chi connectivity index (χ4v) is 2.75. The van der Waals surface area contributed by atoms with E-state index in [2.05, 4.69) is 0 Å². The Morgan fingerprint density at radius 2 is 1.95 bits per heavy atom. The number of hydrogen-bond acceptors (Lipinski definition) is 4. The van der Waals surface area contributed by atoms with Gasteiger partial charge < -0.3 is 14.4 Å². The minimum absolute atomic E-state index is 0.0456. The van der Waals surface area contributed by atoms with Crippen LogP contribution < -0.4 is 0 Å². The predicted octanol–water partition coefficient (Wildman–Crippen LogP) is 1.99. The van der Waals surface area contributed by atoms with Crippen molar-refractivity contribution >= 4 is 11.9 Å². The SMILES string of the molecule is CCOC[C@H]1CCN(C(=O)C2(C(=O)OC(C)(C)C)CC2)C1. The van der Waals surface area contributed by atoms with Crippen molar-refractivity contribution in [1.82, 2.24) is 4.90 Å². The van der Waals surface area contributed by atoms with Crippen molar-refractivity contribution in [3.8, 4) is 0 Å². The zero-order chi connectivity index (χ0) is 15.7. The summed E-state index contributed by atoms with van der Waals surface area (Å²) in [5, 5.41) is 0. The third-order valence-electron chi connectivity index (χ3n) is 4.08. The maximum Gasteiger partial charge on any atom is 0.322 e. The molecule has 0 bridgehead atoms. The molecular weight excluding hydrogens is 270 g/mol. The summed E-state index contributed by atoms with van der Waals surface area (Å²) in [4.78, 5) is 26.8. The van der Waals surface area contributed by atoms with Crippen LogP contribution in [0.15, 0.2) is 0 Å². The zero-order valence-corrected chi connectivity index (χ0v) is 13.6. The third-order valence-corrected chi connectivity index (χ3v) is 4.08. The molecule has 1 heterocycles. The van der Waals surface area contributed by atoms with E-state index in [1.165, 1.54) is 0 Å². The second-order valence-corrected chi connectivity index (χ2v) is 7.15. The van der Waals surface area contributed by atoms with E-state index in [1.807, 2.05) is 32.6 Å². The van der Waals surface area contributed by atoms with E-state index in [1.54, 1.807) is 0 Å². The Kier molecular flexibility index (Phi) is 4.61. The molecule has 21 heavy (non-hydrogen) atoms. The number of esters is 1. The molecule has 5 nitrogen and oxygen atoms in total. The molecule has 0 radical (unpaired) electrons. The van der Waals surface area contributed by atoms with Crippen LogP contribution in [0.5, 0.6) is 0 Å². The van der Waals surface area contributed by atoms with Gasteiger partial charge in [0.2, 0.25) is 5.91 Å². The van der Waals surface area contributed by atoms with Crippen LogP contribution in [-0.4, -0.2) is 48.7 Å². The molecular formula is C16H27NO4. The average molecular weight is 297 g/mol. The number of carbonyl (C=O) groups excluding carboxylic acids is 2. The molecule has 120 valence electrons. The van der Waals surface area contributed by atoms with Crippen molar-refractivity contribution in [3.63, 3.8) is 0 Å². The lowest BCUT2D eigenvalue weighted by atomic mass is 10.0. The second-order valence-electron chi connectivity index (χ2n) is 7.15. The number of nitrogens with zero attached hydrogens (tertiary/aromatic N) is 1. The summed E-state index contributed by atoms with van der Waals surface area (Å²) in [5.74, 6) is -0.00709. The first-order valence-corrected chi connectivity index (χ1v) is 7.89. The van der Waals surface area contributed by atoms with E-state index in [-0.39, 0.29) is 11.9 Å². The number of hydrogen-bond donors (Lipinski definition) is 0. The van der Waals surface area contributed by atoms with Gasteiger partial charge in [-0.3, -0.25) is 9.59 Å². The van der Waals surface area contributed by atoms with Gasteiger partial charge in [0.25, 0.3) is 0 Å². The summed E-state index contributed by atoms with van der Waals surface area (Å²) < 4.78 is 10.9. The summed E-state index contributed by atoms with van der Waals surface area (Å²) in [6, 6.07) is 0. The maximum atomic E-state index is 12.7. The molecule has 0 N–H and O–H groups in total. The van der Waals surface area contributed by atoms with Gasteiger partial charge in [-0.1, -0.05) is 0 Å². The molecule has 1 aliphatic carbocycles. The number of likely N-dealkylation sites (tertiary alicyclic amines) is 1. The van der Waals surface area contributed by atoms with Gasteiger partial charge in [0.05, 0.1) is 6.61 Å². The molecule has 1 atom stereocenters. The van der Waals surface area contributed by atoms with Gasteiger partial charge in [-0.05, 0) is 47.0 Å². The van der Waals surface area contributed by atoms with Crippen LogP contribution in [0.3, 0.4) is 0 Å². The molecule has 5 heteroatoms. The van der Waals surface area contributed by atoms with Crippen molar-refractivity contribution in [1.29, 1.82) is 0 Å². The van der Waals surface area contributed by atoms with Crippen molar-refractivity contribution < 1.29 is 19.1 Å². The fraction of sp³-hybridized carbons (Fsp3) is 0.875. The van der Waals surface area contributed by atoms with Crippen LogP contribution in [0.4, 0.5) is 0 Å². The van der Waals surface area contributed by atoms with Crippen LogP contribution in [0.2, 0.25) is 0 Å². The number of rotatable bonds is 5. The highest BCUT2D eigenvalue weighted by molar-refractivity contribution is 6.05. The number of ether oxygens (including phenoxy) is 2. The molecule has 0 aromatic heterocycles. The van der Waals surface area contributed by atoms with Crippen LogP contribution in [0, 0.1) is 11.3 Å². The second kappa shape index (κ2) is 5.95. The third kappa shape index (κ3) is 3.76. The fourth-order valence-electron chi connectivity index (χ4n) is 2.75. The molecule has 2 rings (SSSR count). The molecule has 0 aromatic rings. The number of amides is 1. The van der Waals surface area contributed by atoms with Gasteiger partial charge in [-0.2, -0.15) is 0 Å². The zero-order valence-electron chi connectivity index (χ0n) is 13.6. The van der Waals surface area contributed by atoms with Gasteiger partial charge in [0.15, 0.2) is 0 Å². The lowest BCUT2D eigenvalue weighted by Crippen LogP contribution is -2.42. The van der Waals surface area contributed by atoms with Crippen molar-refractivity contribution in [3.05, 3.63) is 0 Å². The average Bonchev–Trinajstić information content (AvgIpc) is 3.07. The Morgan fingerprint density at radius 3 is 2.48 bits per heavy atom. The van der Waals surface area contributed by atoms with Gasteiger partial charge in [0.1, 0.15) is 11.0 Å². The van der Waals surface area contributed by atoms with Crippen LogP contribution in [-0.2, 0) is 19.1 Å². The Hall–Kier alpha value is -1.10. The van der Waals surface area contributed by atoms with Gasteiger partial charge in [-0.25, -0.2) is 0 Å². The molecule has 1 amide bonds. The van der Waals surface area contributed by atoms with Crippen LogP contribution in [0.25, 0.3) is 0 Å². The highest BCUT2D eigenvalue weighted by atomic mass is 16.6. The van der Waals surface area contributed by atoms with E-state index >= 15 is 0 Å². The Bertz CT molecular complexity index is 409. The largest absolute Gasteiger partial charge is 0.459 e. The lowest BCUT2D eigenvalue weighted by molar-refractivity contribution is -0.166. The highest BCUT2D eigenvalue weighted by Crippen LogP contribution is 2.49. The van der Waals surface area contributed by atoms with E-state index < -0.39 is 11.0 Å². The van der Waals surface area contributed by atoms with E-state index in [4.69, 9.17) is 9.47 Å². The van der Waals surface area contributed by atoms with Crippen molar-refractivity contribution in [2.75, 3.05) is 26.3 Å². The van der Waals surface area contributed by atoms with Gasteiger partial charge in [0, 0.05) is 25.6 Å². The topological polar surface area (TPSA) is 55.8 Å². The molecule has 1 saturated carbocycles. The van der Waals surface area contributed by atoms with Crippen LogP contribution in [0.1, 0.15) is 47.0 Å². The predicted molar refractivity (Wildman–Crippen MR) is 78.7 cm³/mol. The lowest BCUT2D eigenvalue weighted by Gasteiger charge is -2.26. The first kappa shape index (κ1) is 16.3. The molecule has 1 saturated heterocycles. The smallest absolute Gasteiger partial charge is 0.322 e. The monoisotopic (exact) mass is 297 g/mol. The maximum absolute atomic E-state index is 12.7. The van der Waals surface area contributed by atoms with Crippen molar-refractivity contribution in [2.24, 2.45) is 11.3 Å². The summed E-state index contributed by atoms with van der Waals surface area (Å²) in [6.07, 6.45) is 2.19. The van der Waals surface area contributed by atoms with Crippen molar-refractivity contribution in [2.45, 2.75) is 52.6 Å². The summed E-state index contributed by atoms with van der Waals surface area (Å²) in [6.45, 7) is 10.3. The minimum atomic E-state index is -0.895. The van der Waals surface area contributed by atoms with E-state index in [0.717, 1.165) is 13.0 Å². The molecule has 0 aromatic carbocycles. The van der Waals surface area contributed by atoms with E-state index in [9.17, 15) is 9.59 Å². The summed E-state index contributed by atoms with van der Waals surface area (Å²) in [5.41, 5.74) is -1.44. The molecule has 1 aliphatic heterocycles. The molecule has 0 unspecified atom stereocenters. The van der Waals surface area contributed by atoms with E-state index in [0.29, 0.717) is 38.5 Å².